The van der Waals surface area contributed by atoms with Gasteiger partial charge >= 0.3 is 6.18 Å². The van der Waals surface area contributed by atoms with E-state index in [9.17, 15) is 26.4 Å². The molecule has 0 bridgehead atoms. The number of sulfone groups is 1. The molecule has 1 aromatic carbocycles. The summed E-state index contributed by atoms with van der Waals surface area (Å²) in [6.07, 6.45) is -1.67. The molecule has 3 aromatic rings. The summed E-state index contributed by atoms with van der Waals surface area (Å²) in [6.45, 7) is 2.88. The Morgan fingerprint density at radius 1 is 1.28 bits per heavy atom. The Balaban J connectivity index is 1.68. The highest BCUT2D eigenvalue weighted by atomic mass is 32.2. The second-order valence-electron chi connectivity index (χ2n) is 8.37. The molecule has 2 aromatic heterocycles. The number of nitrogens with zero attached hydrogens (tertiary/aromatic N) is 5. The summed E-state index contributed by atoms with van der Waals surface area (Å²) >= 11 is 0. The lowest BCUT2D eigenvalue weighted by molar-refractivity contribution is -0.137. The first-order chi connectivity index (χ1) is 16.9. The van der Waals surface area contributed by atoms with Crippen LogP contribution < -0.4 is 5.32 Å². The Bertz CT molecular complexity index is 1460. The number of halogens is 3. The van der Waals surface area contributed by atoms with E-state index in [1.54, 1.807) is 19.1 Å². The van der Waals surface area contributed by atoms with E-state index in [0.717, 1.165) is 18.9 Å². The smallest absolute Gasteiger partial charge is 0.342 e. The zero-order chi connectivity index (χ0) is 26.3. The zero-order valence-electron chi connectivity index (χ0n) is 19.2. The maximum absolute atomic E-state index is 13.4. The summed E-state index contributed by atoms with van der Waals surface area (Å²) in [6, 6.07) is 6.32. The van der Waals surface area contributed by atoms with Gasteiger partial charge in [0.25, 0.3) is 5.91 Å². The lowest BCUT2D eigenvalue weighted by atomic mass is 10.1. The summed E-state index contributed by atoms with van der Waals surface area (Å²) in [4.78, 5) is 21.1. The normalized spacial score (nSPS) is 14.8. The SMILES string of the molecule is CCS(=O)(=O)c1cc(C(=O)N[C@@H](C)c2nc(C3CC3)nn2-c2ccc(C#N)cn2)cc(C(F)(F)F)c1. The van der Waals surface area contributed by atoms with Crippen LogP contribution in [-0.2, 0) is 16.0 Å². The summed E-state index contributed by atoms with van der Waals surface area (Å²) in [5, 5.41) is 16.1. The lowest BCUT2D eigenvalue weighted by Gasteiger charge is -2.16. The number of nitrogens with one attached hydrogen (secondary N) is 1. The maximum Gasteiger partial charge on any atom is 0.416 e. The fraction of sp³-hybridized carbons (Fsp3) is 0.348. The lowest BCUT2D eigenvalue weighted by Crippen LogP contribution is -2.29. The third-order valence-electron chi connectivity index (χ3n) is 5.66. The second-order valence-corrected chi connectivity index (χ2v) is 10.7. The minimum atomic E-state index is -4.85. The van der Waals surface area contributed by atoms with Crippen molar-refractivity contribution in [2.75, 3.05) is 5.75 Å². The molecular weight excluding hydrogens is 497 g/mol. The summed E-state index contributed by atoms with van der Waals surface area (Å²) < 4.78 is 66.3. The Morgan fingerprint density at radius 2 is 2.00 bits per heavy atom. The molecule has 0 radical (unpaired) electrons. The number of amides is 1. The van der Waals surface area contributed by atoms with Crippen LogP contribution in [0.5, 0.6) is 0 Å². The first kappa shape index (κ1) is 25.3. The highest BCUT2D eigenvalue weighted by Crippen LogP contribution is 2.39. The maximum atomic E-state index is 13.4. The van der Waals surface area contributed by atoms with Crippen LogP contribution in [0, 0.1) is 11.3 Å². The minimum absolute atomic E-state index is 0.163. The highest BCUT2D eigenvalue weighted by molar-refractivity contribution is 7.91. The third kappa shape index (κ3) is 5.23. The molecule has 1 saturated carbocycles. The van der Waals surface area contributed by atoms with E-state index in [4.69, 9.17) is 5.26 Å². The van der Waals surface area contributed by atoms with Crippen LogP contribution >= 0.6 is 0 Å². The second kappa shape index (κ2) is 9.34. The van der Waals surface area contributed by atoms with Crippen LogP contribution in [0.1, 0.15) is 71.8 Å². The van der Waals surface area contributed by atoms with Gasteiger partial charge in [-0.2, -0.15) is 23.1 Å². The predicted molar refractivity (Wildman–Crippen MR) is 121 cm³/mol. The van der Waals surface area contributed by atoms with Crippen molar-refractivity contribution in [1.29, 1.82) is 5.26 Å². The molecule has 0 unspecified atom stereocenters. The van der Waals surface area contributed by atoms with Crippen molar-refractivity contribution in [3.8, 4) is 11.9 Å². The zero-order valence-corrected chi connectivity index (χ0v) is 20.1. The first-order valence-corrected chi connectivity index (χ1v) is 12.7. The topological polar surface area (TPSA) is 131 Å². The molecule has 188 valence electrons. The monoisotopic (exact) mass is 518 g/mol. The molecule has 13 heteroatoms. The Hall–Kier alpha value is -3.79. The standard InChI is InChI=1S/C23H21F3N6O3S/c1-3-36(34,35)18-9-16(8-17(10-18)23(24,25)26)22(33)29-13(2)21-30-20(15-5-6-15)31-32(21)19-7-4-14(11-27)12-28-19/h4,7-10,12-13,15H,3,5-6H2,1-2H3,(H,29,33)/t13-/m0/s1. The van der Waals surface area contributed by atoms with Crippen LogP contribution in [0.4, 0.5) is 13.2 Å². The van der Waals surface area contributed by atoms with Crippen molar-refractivity contribution in [3.63, 3.8) is 0 Å². The molecule has 0 aliphatic heterocycles. The molecule has 1 aliphatic rings. The van der Waals surface area contributed by atoms with Gasteiger partial charge in [0.1, 0.15) is 6.07 Å². The Kier molecular flexibility index (Phi) is 6.57. The average molecular weight is 519 g/mol. The number of benzene rings is 1. The molecule has 1 aliphatic carbocycles. The number of hydrogen-bond acceptors (Lipinski definition) is 7. The number of rotatable bonds is 7. The number of alkyl halides is 3. The molecule has 1 amide bonds. The van der Waals surface area contributed by atoms with Crippen LogP contribution in [0.15, 0.2) is 41.4 Å². The van der Waals surface area contributed by atoms with Crippen molar-refractivity contribution < 1.29 is 26.4 Å². The molecular formula is C23H21F3N6O3S. The number of nitriles is 1. The fourth-order valence-corrected chi connectivity index (χ4v) is 4.41. The molecule has 4 rings (SSSR count). The predicted octanol–water partition coefficient (Wildman–Crippen LogP) is 3.71. The van der Waals surface area contributed by atoms with Crippen LogP contribution in [0.2, 0.25) is 0 Å². The molecule has 1 N–H and O–H groups in total. The van der Waals surface area contributed by atoms with Crippen LogP contribution in [0.25, 0.3) is 5.82 Å². The van der Waals surface area contributed by atoms with Gasteiger partial charge in [0.15, 0.2) is 27.3 Å². The van der Waals surface area contributed by atoms with Gasteiger partial charge in [-0.1, -0.05) is 6.92 Å². The first-order valence-electron chi connectivity index (χ1n) is 11.0. The van der Waals surface area contributed by atoms with Gasteiger partial charge in [-0.05, 0) is 50.1 Å². The van der Waals surface area contributed by atoms with Crippen molar-refractivity contribution >= 4 is 15.7 Å². The molecule has 1 atom stereocenters. The largest absolute Gasteiger partial charge is 0.416 e. The van der Waals surface area contributed by atoms with Crippen LogP contribution in [0.3, 0.4) is 0 Å². The summed E-state index contributed by atoms with van der Waals surface area (Å²) in [5.74, 6) is 0.0209. The number of hydrogen-bond donors (Lipinski definition) is 1. The van der Waals surface area contributed by atoms with Crippen molar-refractivity contribution in [2.45, 2.75) is 49.7 Å². The Morgan fingerprint density at radius 3 is 2.56 bits per heavy atom. The van der Waals surface area contributed by atoms with E-state index < -0.39 is 49.7 Å². The number of aromatic nitrogens is 4. The molecule has 0 spiro atoms. The van der Waals surface area contributed by atoms with Crippen molar-refractivity contribution in [2.24, 2.45) is 0 Å². The van der Waals surface area contributed by atoms with Crippen LogP contribution in [-0.4, -0.2) is 39.8 Å². The molecule has 0 saturated heterocycles. The summed E-state index contributed by atoms with van der Waals surface area (Å²) in [5.41, 5.74) is -1.35. The van der Waals surface area contributed by atoms with Gasteiger partial charge in [0.05, 0.1) is 27.8 Å². The minimum Gasteiger partial charge on any atom is -0.342 e. The van der Waals surface area contributed by atoms with Crippen molar-refractivity contribution in [3.05, 3.63) is 64.9 Å². The van der Waals surface area contributed by atoms with Gasteiger partial charge in [-0.15, -0.1) is 5.10 Å². The van der Waals surface area contributed by atoms with E-state index in [1.165, 1.54) is 17.8 Å². The van der Waals surface area contributed by atoms with E-state index in [1.807, 2.05) is 6.07 Å². The van der Waals surface area contributed by atoms with E-state index >= 15 is 0 Å². The number of carbonyl (C=O) groups is 1. The van der Waals surface area contributed by atoms with Gasteiger partial charge < -0.3 is 5.32 Å². The molecule has 36 heavy (non-hydrogen) atoms. The third-order valence-corrected chi connectivity index (χ3v) is 7.37. The molecule has 2 heterocycles. The average Bonchev–Trinajstić information content (AvgIpc) is 3.61. The van der Waals surface area contributed by atoms with E-state index in [2.05, 4.69) is 20.4 Å². The van der Waals surface area contributed by atoms with E-state index in [-0.39, 0.29) is 11.7 Å². The summed E-state index contributed by atoms with van der Waals surface area (Å²) in [7, 11) is -4.00. The van der Waals surface area contributed by atoms with E-state index in [0.29, 0.717) is 29.3 Å². The van der Waals surface area contributed by atoms with Gasteiger partial charge in [-0.3, -0.25) is 4.79 Å². The number of carbonyl (C=O) groups excluding carboxylic acids is 1. The van der Waals surface area contributed by atoms with Gasteiger partial charge in [-0.25, -0.2) is 18.4 Å². The van der Waals surface area contributed by atoms with Gasteiger partial charge in [0, 0.05) is 17.7 Å². The molecule has 9 nitrogen and oxygen atoms in total. The Labute approximate surface area is 204 Å². The number of pyridine rings is 1. The van der Waals surface area contributed by atoms with Crippen molar-refractivity contribution in [1.82, 2.24) is 25.1 Å². The molecule has 1 fully saturated rings. The quantitative estimate of drug-likeness (QED) is 0.504. The fourth-order valence-electron chi connectivity index (χ4n) is 3.47. The highest BCUT2D eigenvalue weighted by Gasteiger charge is 2.34. The van der Waals surface area contributed by atoms with Gasteiger partial charge in [0.2, 0.25) is 0 Å².